The van der Waals surface area contributed by atoms with Crippen LogP contribution in [0.5, 0.6) is 0 Å². The van der Waals surface area contributed by atoms with E-state index in [1.165, 1.54) is 23.5 Å². The molecule has 0 aliphatic heterocycles. The summed E-state index contributed by atoms with van der Waals surface area (Å²) in [5.74, 6) is -0.241. The van der Waals surface area contributed by atoms with Crippen LogP contribution < -0.4 is 5.32 Å². The highest BCUT2D eigenvalue weighted by Gasteiger charge is 2.11. The van der Waals surface area contributed by atoms with Gasteiger partial charge < -0.3 is 5.32 Å². The Bertz CT molecular complexity index is 611. The molecule has 1 amide bonds. The van der Waals surface area contributed by atoms with Crippen molar-refractivity contribution in [1.29, 1.82) is 0 Å². The van der Waals surface area contributed by atoms with Crippen molar-refractivity contribution in [2.24, 2.45) is 0 Å². The molecule has 1 heterocycles. The van der Waals surface area contributed by atoms with Crippen LogP contribution in [0.2, 0.25) is 0 Å². The van der Waals surface area contributed by atoms with E-state index in [1.54, 1.807) is 23.9 Å². The van der Waals surface area contributed by atoms with Gasteiger partial charge in [-0.2, -0.15) is 0 Å². The molecular formula is C12H11N3O3S. The molecule has 0 saturated heterocycles. The van der Waals surface area contributed by atoms with Crippen molar-refractivity contribution in [1.82, 2.24) is 4.98 Å². The van der Waals surface area contributed by atoms with E-state index in [-0.39, 0.29) is 18.0 Å². The van der Waals surface area contributed by atoms with Gasteiger partial charge in [0.2, 0.25) is 5.91 Å². The summed E-state index contributed by atoms with van der Waals surface area (Å²) in [6, 6.07) is 4.37. The van der Waals surface area contributed by atoms with Crippen molar-refractivity contribution in [3.05, 3.63) is 50.5 Å². The second kappa shape index (κ2) is 5.57. The Morgan fingerprint density at radius 3 is 2.95 bits per heavy atom. The lowest BCUT2D eigenvalue weighted by molar-refractivity contribution is -0.384. The molecule has 7 heteroatoms. The molecule has 1 N–H and O–H groups in total. The highest BCUT2D eigenvalue weighted by atomic mass is 32.1. The zero-order chi connectivity index (χ0) is 13.8. The van der Waals surface area contributed by atoms with Crippen molar-refractivity contribution in [2.45, 2.75) is 13.3 Å². The molecule has 6 nitrogen and oxygen atoms in total. The van der Waals surface area contributed by atoms with Crippen molar-refractivity contribution in [3.63, 3.8) is 0 Å². The SMILES string of the molecule is Cc1ccc([N+](=O)[O-])cc1NC(=O)Cc1cscn1. The molecule has 0 bridgehead atoms. The fraction of sp³-hybridized carbons (Fsp3) is 0.167. The van der Waals surface area contributed by atoms with Gasteiger partial charge in [0.05, 0.1) is 28.2 Å². The minimum Gasteiger partial charge on any atom is -0.325 e. The van der Waals surface area contributed by atoms with E-state index in [0.717, 1.165) is 5.56 Å². The first-order valence-corrected chi connectivity index (χ1v) is 6.42. The third-order valence-electron chi connectivity index (χ3n) is 2.53. The molecule has 0 saturated carbocycles. The largest absolute Gasteiger partial charge is 0.325 e. The Labute approximate surface area is 113 Å². The Balaban J connectivity index is 2.11. The lowest BCUT2D eigenvalue weighted by Gasteiger charge is -2.07. The maximum absolute atomic E-state index is 11.8. The highest BCUT2D eigenvalue weighted by molar-refractivity contribution is 7.07. The molecule has 2 aromatic rings. The van der Waals surface area contributed by atoms with Gasteiger partial charge in [-0.15, -0.1) is 11.3 Å². The number of benzene rings is 1. The van der Waals surface area contributed by atoms with Gasteiger partial charge in [0.25, 0.3) is 5.69 Å². The Kier molecular flexibility index (Phi) is 3.86. The number of rotatable bonds is 4. The quantitative estimate of drug-likeness (QED) is 0.687. The zero-order valence-corrected chi connectivity index (χ0v) is 10.9. The predicted octanol–water partition coefficient (Wildman–Crippen LogP) is 2.54. The number of nitro groups is 1. The molecule has 1 aromatic carbocycles. The summed E-state index contributed by atoms with van der Waals surface area (Å²) in [5, 5.41) is 15.1. The fourth-order valence-corrected chi connectivity index (χ4v) is 2.10. The van der Waals surface area contributed by atoms with Crippen molar-refractivity contribution in [3.8, 4) is 0 Å². The van der Waals surface area contributed by atoms with Crippen LogP contribution >= 0.6 is 11.3 Å². The van der Waals surface area contributed by atoms with Crippen LogP contribution in [0.1, 0.15) is 11.3 Å². The number of aryl methyl sites for hydroxylation is 1. The number of amides is 1. The molecule has 0 aliphatic carbocycles. The van der Waals surface area contributed by atoms with Crippen LogP contribution in [0.25, 0.3) is 0 Å². The van der Waals surface area contributed by atoms with E-state index in [9.17, 15) is 14.9 Å². The highest BCUT2D eigenvalue weighted by Crippen LogP contribution is 2.22. The molecule has 98 valence electrons. The first-order chi connectivity index (χ1) is 9.06. The third-order valence-corrected chi connectivity index (χ3v) is 3.17. The number of carbonyl (C=O) groups excluding carboxylic acids is 1. The first-order valence-electron chi connectivity index (χ1n) is 5.48. The summed E-state index contributed by atoms with van der Waals surface area (Å²) in [4.78, 5) is 26.0. The molecule has 0 radical (unpaired) electrons. The van der Waals surface area contributed by atoms with Gasteiger partial charge in [-0.3, -0.25) is 14.9 Å². The summed E-state index contributed by atoms with van der Waals surface area (Å²) >= 11 is 1.42. The molecule has 0 atom stereocenters. The second-order valence-electron chi connectivity index (χ2n) is 3.96. The van der Waals surface area contributed by atoms with Crippen molar-refractivity contribution in [2.75, 3.05) is 5.32 Å². The summed E-state index contributed by atoms with van der Waals surface area (Å²) in [7, 11) is 0. The van der Waals surface area contributed by atoms with Gasteiger partial charge in [-0.05, 0) is 12.5 Å². The standard InChI is InChI=1S/C12H11N3O3S/c1-8-2-3-10(15(17)18)5-11(8)14-12(16)4-9-6-19-7-13-9/h2-3,5-7H,4H2,1H3,(H,14,16). The van der Waals surface area contributed by atoms with Crippen molar-refractivity contribution >= 4 is 28.6 Å². The van der Waals surface area contributed by atoms with Gasteiger partial charge in [0.15, 0.2) is 0 Å². The van der Waals surface area contributed by atoms with E-state index in [1.807, 2.05) is 0 Å². The Morgan fingerprint density at radius 2 is 2.32 bits per heavy atom. The molecule has 0 fully saturated rings. The topological polar surface area (TPSA) is 85.1 Å². The van der Waals surface area contributed by atoms with Gasteiger partial charge in [0, 0.05) is 17.5 Å². The number of carbonyl (C=O) groups is 1. The number of non-ortho nitro benzene ring substituents is 1. The third kappa shape index (κ3) is 3.35. The van der Waals surface area contributed by atoms with Crippen LogP contribution in [0.4, 0.5) is 11.4 Å². The smallest absolute Gasteiger partial charge is 0.271 e. The number of thiazole rings is 1. The number of hydrogen-bond donors (Lipinski definition) is 1. The van der Waals surface area contributed by atoms with E-state index < -0.39 is 4.92 Å². The maximum atomic E-state index is 11.8. The maximum Gasteiger partial charge on any atom is 0.271 e. The summed E-state index contributed by atoms with van der Waals surface area (Å²) in [6.07, 6.45) is 0.158. The Hall–Kier alpha value is -2.28. The fourth-order valence-electron chi connectivity index (χ4n) is 1.54. The average molecular weight is 277 g/mol. The lowest BCUT2D eigenvalue weighted by Crippen LogP contribution is -2.15. The number of anilines is 1. The summed E-state index contributed by atoms with van der Waals surface area (Å²) in [6.45, 7) is 1.78. The van der Waals surface area contributed by atoms with Gasteiger partial charge in [-0.25, -0.2) is 4.98 Å². The van der Waals surface area contributed by atoms with Crippen molar-refractivity contribution < 1.29 is 9.72 Å². The minimum atomic E-state index is -0.491. The van der Waals surface area contributed by atoms with E-state index in [0.29, 0.717) is 11.4 Å². The number of nitrogens with zero attached hydrogens (tertiary/aromatic N) is 2. The normalized spacial score (nSPS) is 10.2. The van der Waals surface area contributed by atoms with Crippen LogP contribution in [0.3, 0.4) is 0 Å². The molecule has 1 aromatic heterocycles. The molecule has 19 heavy (non-hydrogen) atoms. The predicted molar refractivity (Wildman–Crippen MR) is 72.3 cm³/mol. The molecule has 0 unspecified atom stereocenters. The van der Waals surface area contributed by atoms with E-state index in [4.69, 9.17) is 0 Å². The molecule has 0 spiro atoms. The lowest BCUT2D eigenvalue weighted by atomic mass is 10.1. The molecule has 0 aliphatic rings. The monoisotopic (exact) mass is 277 g/mol. The van der Waals surface area contributed by atoms with Gasteiger partial charge in [0.1, 0.15) is 0 Å². The molecule has 2 rings (SSSR count). The Morgan fingerprint density at radius 1 is 1.53 bits per heavy atom. The van der Waals surface area contributed by atoms with Crippen LogP contribution in [-0.2, 0) is 11.2 Å². The number of hydrogen-bond acceptors (Lipinski definition) is 5. The van der Waals surface area contributed by atoms with Crippen LogP contribution in [0, 0.1) is 17.0 Å². The number of nitrogens with one attached hydrogen (secondary N) is 1. The van der Waals surface area contributed by atoms with Crippen LogP contribution in [0.15, 0.2) is 29.1 Å². The van der Waals surface area contributed by atoms with E-state index >= 15 is 0 Å². The zero-order valence-electron chi connectivity index (χ0n) is 10.1. The second-order valence-corrected chi connectivity index (χ2v) is 4.68. The number of aromatic nitrogens is 1. The first kappa shape index (κ1) is 13.2. The minimum absolute atomic E-state index is 0.0467. The number of nitro benzene ring substituents is 1. The van der Waals surface area contributed by atoms with Gasteiger partial charge >= 0.3 is 0 Å². The molecular weight excluding hydrogens is 266 g/mol. The summed E-state index contributed by atoms with van der Waals surface area (Å²) < 4.78 is 0. The van der Waals surface area contributed by atoms with Crippen LogP contribution in [-0.4, -0.2) is 15.8 Å². The average Bonchev–Trinajstić information content (AvgIpc) is 2.84. The van der Waals surface area contributed by atoms with E-state index in [2.05, 4.69) is 10.3 Å². The van der Waals surface area contributed by atoms with Gasteiger partial charge in [-0.1, -0.05) is 6.07 Å². The summed E-state index contributed by atoms with van der Waals surface area (Å²) in [5.41, 5.74) is 3.52.